The first-order valence-corrected chi connectivity index (χ1v) is 5.27. The Kier molecular flexibility index (Phi) is 7.34. The summed E-state index contributed by atoms with van der Waals surface area (Å²) in [5, 5.41) is 0. The van der Waals surface area contributed by atoms with Crippen LogP contribution in [0.5, 0.6) is 0 Å². The van der Waals surface area contributed by atoms with Gasteiger partial charge in [0.25, 0.3) is 0 Å². The third-order valence-corrected chi connectivity index (χ3v) is 1.70. The van der Waals surface area contributed by atoms with Gasteiger partial charge in [-0.25, -0.2) is 0 Å². The summed E-state index contributed by atoms with van der Waals surface area (Å²) in [5.41, 5.74) is 0. The highest BCUT2D eigenvalue weighted by atomic mass is 16.6. The fraction of sp³-hybridized carbons (Fsp3) is 0.636. The molecule has 0 aliphatic heterocycles. The highest BCUT2D eigenvalue weighted by Crippen LogP contribution is 2.02. The van der Waals surface area contributed by atoms with Gasteiger partial charge in [-0.05, 0) is 0 Å². The van der Waals surface area contributed by atoms with Crippen molar-refractivity contribution in [1.82, 2.24) is 0 Å². The van der Waals surface area contributed by atoms with Crippen molar-refractivity contribution in [2.45, 2.75) is 33.3 Å². The molecule has 102 valence electrons. The van der Waals surface area contributed by atoms with Gasteiger partial charge in [0.1, 0.15) is 19.3 Å². The SMILES string of the molecule is CC(=O)OCC(=O)C[C@@H](COC(C)=O)OC(C)=O. The van der Waals surface area contributed by atoms with Gasteiger partial charge in [-0.3, -0.25) is 19.2 Å². The molecule has 0 aromatic heterocycles. The van der Waals surface area contributed by atoms with Crippen LogP contribution in [-0.4, -0.2) is 43.0 Å². The highest BCUT2D eigenvalue weighted by molar-refractivity contribution is 5.82. The van der Waals surface area contributed by atoms with Crippen molar-refractivity contribution >= 4 is 23.7 Å². The predicted octanol–water partition coefficient (Wildman–Crippen LogP) is 0.00350. The first-order chi connectivity index (χ1) is 8.31. The second-order valence-electron chi connectivity index (χ2n) is 3.56. The molecule has 0 bridgehead atoms. The van der Waals surface area contributed by atoms with E-state index in [4.69, 9.17) is 4.74 Å². The van der Waals surface area contributed by atoms with Crippen LogP contribution in [-0.2, 0) is 33.4 Å². The fourth-order valence-electron chi connectivity index (χ4n) is 1.07. The van der Waals surface area contributed by atoms with Gasteiger partial charge < -0.3 is 14.2 Å². The first-order valence-electron chi connectivity index (χ1n) is 5.27. The van der Waals surface area contributed by atoms with Gasteiger partial charge >= 0.3 is 17.9 Å². The first kappa shape index (κ1) is 16.1. The second kappa shape index (κ2) is 8.21. The number of carbonyl (C=O) groups excluding carboxylic acids is 4. The highest BCUT2D eigenvalue weighted by Gasteiger charge is 2.19. The maximum atomic E-state index is 11.4. The summed E-state index contributed by atoms with van der Waals surface area (Å²) < 4.78 is 14.0. The summed E-state index contributed by atoms with van der Waals surface area (Å²) in [7, 11) is 0. The molecular weight excluding hydrogens is 244 g/mol. The number of hydrogen-bond donors (Lipinski definition) is 0. The quantitative estimate of drug-likeness (QED) is 0.469. The van der Waals surface area contributed by atoms with Crippen LogP contribution < -0.4 is 0 Å². The second-order valence-corrected chi connectivity index (χ2v) is 3.56. The number of ketones is 1. The van der Waals surface area contributed by atoms with Crippen LogP contribution in [0.1, 0.15) is 27.2 Å². The van der Waals surface area contributed by atoms with Gasteiger partial charge in [0.2, 0.25) is 0 Å². The van der Waals surface area contributed by atoms with Crippen LogP contribution in [0.15, 0.2) is 0 Å². The van der Waals surface area contributed by atoms with Crippen molar-refractivity contribution in [2.75, 3.05) is 13.2 Å². The Morgan fingerprint density at radius 2 is 1.44 bits per heavy atom. The molecule has 0 saturated heterocycles. The molecule has 7 heteroatoms. The summed E-state index contributed by atoms with van der Waals surface area (Å²) in [6.45, 7) is 2.95. The third kappa shape index (κ3) is 9.32. The van der Waals surface area contributed by atoms with Gasteiger partial charge in [-0.1, -0.05) is 0 Å². The number of Topliss-reactive ketones (excluding diaryl/α,β-unsaturated/α-hetero) is 1. The van der Waals surface area contributed by atoms with E-state index in [0.29, 0.717) is 0 Å². The van der Waals surface area contributed by atoms with Crippen molar-refractivity contribution in [2.24, 2.45) is 0 Å². The minimum Gasteiger partial charge on any atom is -0.462 e. The van der Waals surface area contributed by atoms with Crippen LogP contribution in [0.2, 0.25) is 0 Å². The number of ether oxygens (including phenoxy) is 3. The molecule has 0 aliphatic rings. The maximum absolute atomic E-state index is 11.4. The van der Waals surface area contributed by atoms with Crippen molar-refractivity contribution in [1.29, 1.82) is 0 Å². The molecule has 0 aromatic carbocycles. The summed E-state index contributed by atoms with van der Waals surface area (Å²) in [6, 6.07) is 0. The van der Waals surface area contributed by atoms with Crippen LogP contribution in [0, 0.1) is 0 Å². The monoisotopic (exact) mass is 260 g/mol. The lowest BCUT2D eigenvalue weighted by Gasteiger charge is -2.15. The van der Waals surface area contributed by atoms with Crippen LogP contribution >= 0.6 is 0 Å². The summed E-state index contributed by atoms with van der Waals surface area (Å²) in [4.78, 5) is 43.3. The van der Waals surface area contributed by atoms with Crippen molar-refractivity contribution < 1.29 is 33.4 Å². The summed E-state index contributed by atoms with van der Waals surface area (Å²) >= 11 is 0. The molecule has 0 aliphatic carbocycles. The normalized spacial score (nSPS) is 11.3. The zero-order valence-corrected chi connectivity index (χ0v) is 10.6. The number of rotatable bonds is 7. The maximum Gasteiger partial charge on any atom is 0.303 e. The van der Waals surface area contributed by atoms with Gasteiger partial charge in [0, 0.05) is 20.8 Å². The van der Waals surface area contributed by atoms with E-state index in [1.807, 2.05) is 0 Å². The molecule has 0 unspecified atom stereocenters. The van der Waals surface area contributed by atoms with E-state index < -0.39 is 36.4 Å². The van der Waals surface area contributed by atoms with Gasteiger partial charge in [-0.2, -0.15) is 0 Å². The molecular formula is C11H16O7. The lowest BCUT2D eigenvalue weighted by Crippen LogP contribution is -2.28. The van der Waals surface area contributed by atoms with Crippen LogP contribution in [0.3, 0.4) is 0 Å². The average Bonchev–Trinajstić information content (AvgIpc) is 2.22. The summed E-state index contributed by atoms with van der Waals surface area (Å²) in [5.74, 6) is -2.14. The lowest BCUT2D eigenvalue weighted by atomic mass is 10.2. The number of carbonyl (C=O) groups is 4. The van der Waals surface area contributed by atoms with Crippen LogP contribution in [0.25, 0.3) is 0 Å². The smallest absolute Gasteiger partial charge is 0.303 e. The lowest BCUT2D eigenvalue weighted by molar-refractivity contribution is -0.158. The van der Waals surface area contributed by atoms with E-state index in [-0.39, 0.29) is 13.0 Å². The predicted molar refractivity (Wildman–Crippen MR) is 58.4 cm³/mol. The van der Waals surface area contributed by atoms with Crippen molar-refractivity contribution in [3.63, 3.8) is 0 Å². The molecule has 0 rings (SSSR count). The molecule has 0 amide bonds. The molecule has 0 aromatic rings. The van der Waals surface area contributed by atoms with Gasteiger partial charge in [-0.15, -0.1) is 0 Å². The standard InChI is InChI=1S/C11H16O7/c1-7(12)16-5-10(15)4-11(18-9(3)14)6-17-8(2)13/h11H,4-6H2,1-3H3/t11-/m0/s1. The van der Waals surface area contributed by atoms with E-state index in [9.17, 15) is 19.2 Å². The molecule has 0 heterocycles. The Morgan fingerprint density at radius 3 is 1.89 bits per heavy atom. The minimum absolute atomic E-state index is 0.180. The molecule has 18 heavy (non-hydrogen) atoms. The third-order valence-electron chi connectivity index (χ3n) is 1.70. The average molecular weight is 260 g/mol. The number of esters is 3. The molecule has 0 N–H and O–H groups in total. The van der Waals surface area contributed by atoms with E-state index >= 15 is 0 Å². The topological polar surface area (TPSA) is 96.0 Å². The van der Waals surface area contributed by atoms with Gasteiger partial charge in [0.05, 0.1) is 6.42 Å². The van der Waals surface area contributed by atoms with Crippen LogP contribution in [0.4, 0.5) is 0 Å². The Bertz CT molecular complexity index is 334. The Balaban J connectivity index is 4.20. The molecule has 0 saturated carbocycles. The van der Waals surface area contributed by atoms with E-state index in [0.717, 1.165) is 0 Å². The largest absolute Gasteiger partial charge is 0.462 e. The van der Waals surface area contributed by atoms with E-state index in [1.165, 1.54) is 20.8 Å². The zero-order chi connectivity index (χ0) is 14.1. The Hall–Kier alpha value is -1.92. The van der Waals surface area contributed by atoms with Gasteiger partial charge in [0.15, 0.2) is 5.78 Å². The summed E-state index contributed by atoms with van der Waals surface area (Å²) in [6.07, 6.45) is -1.05. The van der Waals surface area contributed by atoms with E-state index in [1.54, 1.807) is 0 Å². The minimum atomic E-state index is -0.866. The molecule has 1 atom stereocenters. The van der Waals surface area contributed by atoms with E-state index in [2.05, 4.69) is 9.47 Å². The Morgan fingerprint density at radius 1 is 0.889 bits per heavy atom. The zero-order valence-electron chi connectivity index (χ0n) is 10.6. The molecule has 0 radical (unpaired) electrons. The van der Waals surface area contributed by atoms with Crippen molar-refractivity contribution in [3.05, 3.63) is 0 Å². The molecule has 7 nitrogen and oxygen atoms in total. The van der Waals surface area contributed by atoms with Crippen molar-refractivity contribution in [3.8, 4) is 0 Å². The number of hydrogen-bond acceptors (Lipinski definition) is 7. The Labute approximate surface area is 104 Å². The molecule has 0 fully saturated rings. The molecule has 0 spiro atoms. The fourth-order valence-corrected chi connectivity index (χ4v) is 1.07.